The van der Waals surface area contributed by atoms with Crippen molar-refractivity contribution in [2.75, 3.05) is 6.54 Å². The molecule has 1 aliphatic heterocycles. The largest absolute Gasteiger partial charge is 0.350 e. The minimum absolute atomic E-state index is 0.00376. The van der Waals surface area contributed by atoms with E-state index in [-0.39, 0.29) is 17.5 Å². The number of hydrogen-bond donors (Lipinski definition) is 2. The molecule has 0 spiro atoms. The normalized spacial score (nSPS) is 27.5. The van der Waals surface area contributed by atoms with Crippen molar-refractivity contribution in [3.8, 4) is 0 Å². The van der Waals surface area contributed by atoms with E-state index in [0.717, 1.165) is 13.0 Å². The smallest absolute Gasteiger partial charge is 0.237 e. The summed E-state index contributed by atoms with van der Waals surface area (Å²) in [5, 5.41) is 6.48. The molecule has 86 valence electrons. The predicted molar refractivity (Wildman–Crippen MR) is 60.6 cm³/mol. The maximum Gasteiger partial charge on any atom is 0.237 e. The second-order valence-electron chi connectivity index (χ2n) is 5.49. The van der Waals surface area contributed by atoms with E-state index < -0.39 is 0 Å². The first kappa shape index (κ1) is 10.9. The molecule has 0 bridgehead atoms. The van der Waals surface area contributed by atoms with Crippen molar-refractivity contribution in [1.29, 1.82) is 0 Å². The van der Waals surface area contributed by atoms with Crippen molar-refractivity contribution in [2.24, 2.45) is 5.92 Å². The summed E-state index contributed by atoms with van der Waals surface area (Å²) in [4.78, 5) is 12.0. The van der Waals surface area contributed by atoms with Crippen molar-refractivity contribution in [1.82, 2.24) is 10.6 Å². The SMILES string of the molecule is CC(C)(NC(=O)C1CCCCN1)C1CC1. The number of rotatable bonds is 3. The van der Waals surface area contributed by atoms with Crippen LogP contribution in [0.4, 0.5) is 0 Å². The Labute approximate surface area is 92.0 Å². The molecule has 1 atom stereocenters. The molecule has 1 saturated heterocycles. The van der Waals surface area contributed by atoms with Crippen LogP contribution < -0.4 is 10.6 Å². The minimum Gasteiger partial charge on any atom is -0.350 e. The van der Waals surface area contributed by atoms with Gasteiger partial charge in [0.05, 0.1) is 6.04 Å². The Kier molecular flexibility index (Phi) is 3.01. The van der Waals surface area contributed by atoms with E-state index in [2.05, 4.69) is 24.5 Å². The third kappa shape index (κ3) is 2.71. The molecule has 1 amide bonds. The van der Waals surface area contributed by atoms with E-state index in [0.29, 0.717) is 5.92 Å². The summed E-state index contributed by atoms with van der Waals surface area (Å²) >= 11 is 0. The monoisotopic (exact) mass is 210 g/mol. The highest BCUT2D eigenvalue weighted by molar-refractivity contribution is 5.82. The molecule has 0 radical (unpaired) electrons. The molecule has 0 aromatic rings. The molecule has 3 heteroatoms. The molecule has 1 saturated carbocycles. The molecule has 3 nitrogen and oxygen atoms in total. The van der Waals surface area contributed by atoms with Crippen LogP contribution >= 0.6 is 0 Å². The highest BCUT2D eigenvalue weighted by Crippen LogP contribution is 2.39. The Morgan fingerprint density at radius 1 is 1.27 bits per heavy atom. The summed E-state index contributed by atoms with van der Waals surface area (Å²) in [5.41, 5.74) is -0.00376. The molecule has 1 unspecified atom stereocenters. The second-order valence-corrected chi connectivity index (χ2v) is 5.49. The second kappa shape index (κ2) is 4.12. The lowest BCUT2D eigenvalue weighted by molar-refractivity contribution is -0.125. The fraction of sp³-hybridized carbons (Fsp3) is 0.917. The number of piperidine rings is 1. The zero-order chi connectivity index (χ0) is 10.9. The van der Waals surface area contributed by atoms with Crippen LogP contribution in [0.5, 0.6) is 0 Å². The zero-order valence-electron chi connectivity index (χ0n) is 9.81. The Morgan fingerprint density at radius 3 is 2.53 bits per heavy atom. The third-order valence-corrected chi connectivity index (χ3v) is 3.67. The van der Waals surface area contributed by atoms with Gasteiger partial charge in [-0.15, -0.1) is 0 Å². The van der Waals surface area contributed by atoms with Crippen LogP contribution in [0.15, 0.2) is 0 Å². The van der Waals surface area contributed by atoms with Crippen molar-refractivity contribution in [3.05, 3.63) is 0 Å². The van der Waals surface area contributed by atoms with Crippen LogP contribution in [0.3, 0.4) is 0 Å². The number of hydrogen-bond acceptors (Lipinski definition) is 2. The van der Waals surface area contributed by atoms with Gasteiger partial charge in [-0.3, -0.25) is 4.79 Å². The Hall–Kier alpha value is -0.570. The van der Waals surface area contributed by atoms with Gasteiger partial charge in [-0.2, -0.15) is 0 Å². The van der Waals surface area contributed by atoms with Gasteiger partial charge in [0.1, 0.15) is 0 Å². The molecule has 2 aliphatic rings. The Balaban J connectivity index is 1.84. The fourth-order valence-corrected chi connectivity index (χ4v) is 2.39. The van der Waals surface area contributed by atoms with Crippen LogP contribution in [-0.2, 0) is 4.79 Å². The molecule has 0 aromatic heterocycles. The van der Waals surface area contributed by atoms with Crippen LogP contribution in [-0.4, -0.2) is 24.0 Å². The number of nitrogens with one attached hydrogen (secondary N) is 2. The lowest BCUT2D eigenvalue weighted by atomic mass is 9.96. The van der Waals surface area contributed by atoms with Gasteiger partial charge in [0.2, 0.25) is 5.91 Å². The Bertz CT molecular complexity index is 240. The molecular weight excluding hydrogens is 188 g/mol. The lowest BCUT2D eigenvalue weighted by Crippen LogP contribution is -2.54. The third-order valence-electron chi connectivity index (χ3n) is 3.67. The van der Waals surface area contributed by atoms with Gasteiger partial charge in [0, 0.05) is 5.54 Å². The van der Waals surface area contributed by atoms with E-state index in [1.54, 1.807) is 0 Å². The highest BCUT2D eigenvalue weighted by atomic mass is 16.2. The summed E-state index contributed by atoms with van der Waals surface area (Å²) < 4.78 is 0. The van der Waals surface area contributed by atoms with Crippen LogP contribution in [0, 0.1) is 5.92 Å². The highest BCUT2D eigenvalue weighted by Gasteiger charge is 2.39. The van der Waals surface area contributed by atoms with Gasteiger partial charge in [0.15, 0.2) is 0 Å². The van der Waals surface area contributed by atoms with Crippen molar-refractivity contribution >= 4 is 5.91 Å². The molecule has 15 heavy (non-hydrogen) atoms. The number of carbonyl (C=O) groups is 1. The summed E-state index contributed by atoms with van der Waals surface area (Å²) in [5.74, 6) is 0.900. The molecule has 2 rings (SSSR count). The Morgan fingerprint density at radius 2 is 2.00 bits per heavy atom. The topological polar surface area (TPSA) is 41.1 Å². The van der Waals surface area contributed by atoms with Crippen LogP contribution in [0.2, 0.25) is 0 Å². The average Bonchev–Trinajstić information content (AvgIpc) is 3.01. The van der Waals surface area contributed by atoms with Crippen molar-refractivity contribution in [3.63, 3.8) is 0 Å². The summed E-state index contributed by atoms with van der Waals surface area (Å²) in [6, 6.07) is 0.0526. The minimum atomic E-state index is -0.00376. The van der Waals surface area contributed by atoms with Crippen molar-refractivity contribution in [2.45, 2.75) is 57.5 Å². The number of carbonyl (C=O) groups excluding carboxylic acids is 1. The number of amides is 1. The lowest BCUT2D eigenvalue weighted by Gasteiger charge is -2.30. The summed E-state index contributed by atoms with van der Waals surface area (Å²) in [7, 11) is 0. The first-order valence-corrected chi connectivity index (χ1v) is 6.15. The van der Waals surface area contributed by atoms with E-state index in [1.165, 1.54) is 25.7 Å². The average molecular weight is 210 g/mol. The first-order chi connectivity index (χ1) is 7.09. The fourth-order valence-electron chi connectivity index (χ4n) is 2.39. The van der Waals surface area contributed by atoms with Gasteiger partial charge in [-0.1, -0.05) is 6.42 Å². The molecule has 0 aromatic carbocycles. The van der Waals surface area contributed by atoms with E-state index in [4.69, 9.17) is 0 Å². The maximum absolute atomic E-state index is 12.0. The quantitative estimate of drug-likeness (QED) is 0.740. The summed E-state index contributed by atoms with van der Waals surface area (Å²) in [6.07, 6.45) is 5.91. The molecular formula is C12H22N2O. The maximum atomic E-state index is 12.0. The van der Waals surface area contributed by atoms with Crippen molar-refractivity contribution < 1.29 is 4.79 Å². The first-order valence-electron chi connectivity index (χ1n) is 6.15. The van der Waals surface area contributed by atoms with Gasteiger partial charge in [-0.05, 0) is 52.0 Å². The molecule has 1 aliphatic carbocycles. The van der Waals surface area contributed by atoms with Gasteiger partial charge < -0.3 is 10.6 Å². The predicted octanol–water partition coefficient (Wildman–Crippen LogP) is 1.43. The zero-order valence-corrected chi connectivity index (χ0v) is 9.81. The molecule has 2 N–H and O–H groups in total. The molecule has 2 fully saturated rings. The standard InChI is InChI=1S/C12H22N2O/c1-12(2,9-6-7-9)14-11(15)10-5-3-4-8-13-10/h9-10,13H,3-8H2,1-2H3,(H,14,15). The van der Waals surface area contributed by atoms with E-state index in [9.17, 15) is 4.79 Å². The van der Waals surface area contributed by atoms with Gasteiger partial charge in [-0.25, -0.2) is 0 Å². The van der Waals surface area contributed by atoms with Gasteiger partial charge in [0.25, 0.3) is 0 Å². The molecule has 1 heterocycles. The van der Waals surface area contributed by atoms with E-state index >= 15 is 0 Å². The van der Waals surface area contributed by atoms with Gasteiger partial charge >= 0.3 is 0 Å². The summed E-state index contributed by atoms with van der Waals surface area (Å²) in [6.45, 7) is 5.28. The van der Waals surface area contributed by atoms with E-state index in [1.807, 2.05) is 0 Å². The van der Waals surface area contributed by atoms with Crippen LogP contribution in [0.25, 0.3) is 0 Å². The van der Waals surface area contributed by atoms with Crippen LogP contribution in [0.1, 0.15) is 46.0 Å².